The molecule has 2 rings (SSSR count). The molecule has 0 aliphatic heterocycles. The van der Waals surface area contributed by atoms with Crippen LogP contribution in [0.4, 0.5) is 4.39 Å². The number of benzene rings is 2. The maximum absolute atomic E-state index is 13.7. The minimum absolute atomic E-state index is 0.00537. The second-order valence-corrected chi connectivity index (χ2v) is 4.38. The molecule has 0 unspecified atom stereocenters. The average Bonchev–Trinajstić information content (AvgIpc) is 2.45. The van der Waals surface area contributed by atoms with Gasteiger partial charge in [0.25, 0.3) is 0 Å². The Hall–Kier alpha value is -3.22. The molecule has 3 N–H and O–H groups in total. The minimum Gasteiger partial charge on any atom is -0.478 e. The van der Waals surface area contributed by atoms with E-state index in [1.54, 1.807) is 0 Å². The Kier molecular flexibility index (Phi) is 3.89. The van der Waals surface area contributed by atoms with Gasteiger partial charge in [-0.3, -0.25) is 0 Å². The van der Waals surface area contributed by atoms with Crippen molar-refractivity contribution in [2.24, 2.45) is 0 Å². The fraction of sp³-hybridized carbons (Fsp3) is 0. The maximum Gasteiger partial charge on any atom is 0.339 e. The van der Waals surface area contributed by atoms with Gasteiger partial charge in [0.2, 0.25) is 0 Å². The van der Waals surface area contributed by atoms with Gasteiger partial charge in [-0.2, -0.15) is 0 Å². The topological polar surface area (TPSA) is 112 Å². The van der Waals surface area contributed by atoms with Gasteiger partial charge in [-0.05, 0) is 35.4 Å². The van der Waals surface area contributed by atoms with E-state index in [2.05, 4.69) is 0 Å². The predicted molar refractivity (Wildman–Crippen MR) is 72.7 cm³/mol. The lowest BCUT2D eigenvalue weighted by Gasteiger charge is -2.09. The summed E-state index contributed by atoms with van der Waals surface area (Å²) < 4.78 is 13.7. The summed E-state index contributed by atoms with van der Waals surface area (Å²) in [4.78, 5) is 33.3. The van der Waals surface area contributed by atoms with E-state index in [-0.39, 0.29) is 22.3 Å². The van der Waals surface area contributed by atoms with Crippen molar-refractivity contribution in [1.82, 2.24) is 0 Å². The molecule has 0 saturated carbocycles. The number of carboxylic acid groups (broad SMARTS) is 3. The van der Waals surface area contributed by atoms with Gasteiger partial charge < -0.3 is 15.3 Å². The molecule has 0 amide bonds. The Morgan fingerprint density at radius 1 is 0.818 bits per heavy atom. The van der Waals surface area contributed by atoms with Crippen LogP contribution in [0.25, 0.3) is 11.1 Å². The predicted octanol–water partition coefficient (Wildman–Crippen LogP) is 2.59. The first kappa shape index (κ1) is 15.2. The van der Waals surface area contributed by atoms with E-state index in [9.17, 15) is 18.8 Å². The molecule has 0 saturated heterocycles. The van der Waals surface area contributed by atoms with E-state index >= 15 is 0 Å². The summed E-state index contributed by atoms with van der Waals surface area (Å²) in [6, 6.07) is 6.61. The Morgan fingerprint density at radius 2 is 1.36 bits per heavy atom. The van der Waals surface area contributed by atoms with Gasteiger partial charge in [0.05, 0.1) is 11.1 Å². The summed E-state index contributed by atoms with van der Waals surface area (Å²) in [5, 5.41) is 27.1. The van der Waals surface area contributed by atoms with Gasteiger partial charge in [0.15, 0.2) is 0 Å². The molecular weight excluding hydrogens is 295 g/mol. The molecular formula is C15H9FO6. The third-order valence-electron chi connectivity index (χ3n) is 2.97. The van der Waals surface area contributed by atoms with E-state index in [1.165, 1.54) is 12.1 Å². The van der Waals surface area contributed by atoms with Crippen LogP contribution in [0, 0.1) is 5.82 Å². The van der Waals surface area contributed by atoms with Crippen LogP contribution in [0.5, 0.6) is 0 Å². The van der Waals surface area contributed by atoms with Crippen molar-refractivity contribution in [3.8, 4) is 11.1 Å². The number of rotatable bonds is 4. The standard InChI is InChI=1S/C15H9FO6/c16-11-3-1-2-10(12(11)15(21)22)7-4-8(13(17)18)6-9(5-7)14(19)20/h1-6H,(H,17,18)(H,19,20)(H,21,22). The van der Waals surface area contributed by atoms with Crippen molar-refractivity contribution in [3.05, 3.63) is 58.9 Å². The second kappa shape index (κ2) is 5.65. The smallest absolute Gasteiger partial charge is 0.339 e. The van der Waals surface area contributed by atoms with Gasteiger partial charge in [-0.15, -0.1) is 0 Å². The second-order valence-electron chi connectivity index (χ2n) is 4.38. The van der Waals surface area contributed by atoms with Gasteiger partial charge in [0.1, 0.15) is 11.4 Å². The molecule has 6 nitrogen and oxygen atoms in total. The number of carbonyl (C=O) groups is 3. The zero-order chi connectivity index (χ0) is 16.4. The lowest BCUT2D eigenvalue weighted by Crippen LogP contribution is -2.06. The normalized spacial score (nSPS) is 10.2. The molecule has 0 spiro atoms. The van der Waals surface area contributed by atoms with E-state index in [4.69, 9.17) is 15.3 Å². The monoisotopic (exact) mass is 304 g/mol. The Labute approximate surface area is 123 Å². The van der Waals surface area contributed by atoms with Gasteiger partial charge in [-0.1, -0.05) is 12.1 Å². The zero-order valence-corrected chi connectivity index (χ0v) is 10.9. The number of aromatic carboxylic acids is 3. The van der Waals surface area contributed by atoms with Gasteiger partial charge in [-0.25, -0.2) is 18.8 Å². The van der Waals surface area contributed by atoms with Gasteiger partial charge in [0, 0.05) is 0 Å². The molecule has 0 heterocycles. The van der Waals surface area contributed by atoms with Crippen molar-refractivity contribution in [1.29, 1.82) is 0 Å². The molecule has 112 valence electrons. The first-order valence-electron chi connectivity index (χ1n) is 5.95. The van der Waals surface area contributed by atoms with Crippen LogP contribution >= 0.6 is 0 Å². The fourth-order valence-corrected chi connectivity index (χ4v) is 2.01. The van der Waals surface area contributed by atoms with Crippen molar-refractivity contribution < 1.29 is 34.1 Å². The maximum atomic E-state index is 13.7. The van der Waals surface area contributed by atoms with Crippen LogP contribution in [0.1, 0.15) is 31.1 Å². The molecule has 0 aliphatic rings. The van der Waals surface area contributed by atoms with E-state index in [1.807, 2.05) is 0 Å². The van der Waals surface area contributed by atoms with Crippen molar-refractivity contribution in [2.75, 3.05) is 0 Å². The summed E-state index contributed by atoms with van der Waals surface area (Å²) in [6.07, 6.45) is 0. The van der Waals surface area contributed by atoms with E-state index < -0.39 is 29.3 Å². The lowest BCUT2D eigenvalue weighted by molar-refractivity contribution is 0.0680. The van der Waals surface area contributed by atoms with Crippen molar-refractivity contribution in [2.45, 2.75) is 0 Å². The highest BCUT2D eigenvalue weighted by molar-refractivity contribution is 6.00. The molecule has 0 bridgehead atoms. The number of hydrogen-bond donors (Lipinski definition) is 3. The lowest BCUT2D eigenvalue weighted by atomic mass is 9.95. The molecule has 0 aliphatic carbocycles. The number of halogens is 1. The van der Waals surface area contributed by atoms with Crippen LogP contribution < -0.4 is 0 Å². The Balaban J connectivity index is 2.78. The van der Waals surface area contributed by atoms with Crippen LogP contribution in [0.3, 0.4) is 0 Å². The van der Waals surface area contributed by atoms with Gasteiger partial charge >= 0.3 is 17.9 Å². The molecule has 0 atom stereocenters. The molecule has 7 heteroatoms. The molecule has 0 radical (unpaired) electrons. The molecule has 0 aromatic heterocycles. The van der Waals surface area contributed by atoms with Crippen molar-refractivity contribution >= 4 is 17.9 Å². The first-order chi connectivity index (χ1) is 10.3. The first-order valence-corrected chi connectivity index (χ1v) is 5.95. The minimum atomic E-state index is -1.54. The van der Waals surface area contributed by atoms with Crippen molar-refractivity contribution in [3.63, 3.8) is 0 Å². The summed E-state index contributed by atoms with van der Waals surface area (Å²) >= 11 is 0. The van der Waals surface area contributed by atoms with E-state index in [0.29, 0.717) is 0 Å². The third-order valence-corrected chi connectivity index (χ3v) is 2.97. The summed E-state index contributed by atoms with van der Waals surface area (Å²) in [5.74, 6) is -5.29. The summed E-state index contributed by atoms with van der Waals surface area (Å²) in [7, 11) is 0. The molecule has 22 heavy (non-hydrogen) atoms. The van der Waals surface area contributed by atoms with Crippen LogP contribution in [0.15, 0.2) is 36.4 Å². The molecule has 2 aromatic carbocycles. The quantitative estimate of drug-likeness (QED) is 0.800. The van der Waals surface area contributed by atoms with Crippen LogP contribution in [0.2, 0.25) is 0 Å². The SMILES string of the molecule is O=C(O)c1cc(C(=O)O)cc(-c2cccc(F)c2C(=O)O)c1. The number of carboxylic acids is 3. The largest absolute Gasteiger partial charge is 0.478 e. The van der Waals surface area contributed by atoms with E-state index in [0.717, 1.165) is 24.3 Å². The highest BCUT2D eigenvalue weighted by atomic mass is 19.1. The highest BCUT2D eigenvalue weighted by Gasteiger charge is 2.19. The average molecular weight is 304 g/mol. The fourth-order valence-electron chi connectivity index (χ4n) is 2.01. The Morgan fingerprint density at radius 3 is 1.82 bits per heavy atom. The molecule has 0 fully saturated rings. The number of hydrogen-bond acceptors (Lipinski definition) is 3. The zero-order valence-electron chi connectivity index (χ0n) is 10.9. The third kappa shape index (κ3) is 2.78. The summed E-state index contributed by atoms with van der Waals surface area (Å²) in [5.41, 5.74) is -1.43. The van der Waals surface area contributed by atoms with Crippen LogP contribution in [-0.2, 0) is 0 Å². The Bertz CT molecular complexity index is 764. The summed E-state index contributed by atoms with van der Waals surface area (Å²) in [6.45, 7) is 0. The van der Waals surface area contributed by atoms with Crippen LogP contribution in [-0.4, -0.2) is 33.2 Å². The molecule has 2 aromatic rings. The highest BCUT2D eigenvalue weighted by Crippen LogP contribution is 2.28.